The number of methoxy groups -OCH3 is 1. The molecule has 0 amide bonds. The molecule has 1 aliphatic rings. The van der Waals surface area contributed by atoms with Crippen LogP contribution in [0.25, 0.3) is 0 Å². The third kappa shape index (κ3) is 2.26. The molecule has 1 aromatic rings. The summed E-state index contributed by atoms with van der Waals surface area (Å²) in [5.41, 5.74) is 0.562. The van der Waals surface area contributed by atoms with E-state index in [0.29, 0.717) is 22.8 Å². The third-order valence-electron chi connectivity index (χ3n) is 2.47. The summed E-state index contributed by atoms with van der Waals surface area (Å²) in [4.78, 5) is 10.6. The molecule has 0 radical (unpaired) electrons. The third-order valence-corrected chi connectivity index (χ3v) is 2.47. The summed E-state index contributed by atoms with van der Waals surface area (Å²) < 4.78 is 15.5. The highest BCUT2D eigenvalue weighted by Gasteiger charge is 2.21. The average Bonchev–Trinajstić information content (AvgIpc) is 2.74. The number of aliphatic carboxylic acids is 1. The van der Waals surface area contributed by atoms with Gasteiger partial charge in [-0.1, -0.05) is 0 Å². The number of carbonyl (C=O) groups is 1. The van der Waals surface area contributed by atoms with Gasteiger partial charge in [0.15, 0.2) is 17.6 Å². The first kappa shape index (κ1) is 11.5. The van der Waals surface area contributed by atoms with Crippen LogP contribution in [0, 0.1) is 0 Å². The van der Waals surface area contributed by atoms with Gasteiger partial charge in [0, 0.05) is 18.1 Å². The molecule has 1 heterocycles. The summed E-state index contributed by atoms with van der Waals surface area (Å²) in [7, 11) is 1.47. The number of fused-ring (bicyclic) bond motifs is 1. The largest absolute Gasteiger partial charge is 0.496 e. The van der Waals surface area contributed by atoms with Crippen LogP contribution in [0.5, 0.6) is 17.2 Å². The zero-order valence-electron chi connectivity index (χ0n) is 9.17. The number of benzene rings is 1. The van der Waals surface area contributed by atoms with Gasteiger partial charge in [-0.05, 0) is 6.07 Å². The zero-order valence-corrected chi connectivity index (χ0v) is 9.17. The highest BCUT2D eigenvalue weighted by atomic mass is 16.7. The summed E-state index contributed by atoms with van der Waals surface area (Å²) in [5.74, 6) is 0.271. The second-order valence-corrected chi connectivity index (χ2v) is 3.58. The predicted molar refractivity (Wildman–Crippen MR) is 56.5 cm³/mol. The van der Waals surface area contributed by atoms with Crippen molar-refractivity contribution < 1.29 is 29.2 Å². The van der Waals surface area contributed by atoms with E-state index in [9.17, 15) is 9.90 Å². The minimum atomic E-state index is -1.47. The molecule has 0 fully saturated rings. The van der Waals surface area contributed by atoms with Gasteiger partial charge in [0.1, 0.15) is 5.75 Å². The van der Waals surface area contributed by atoms with Crippen molar-refractivity contribution in [1.29, 1.82) is 0 Å². The minimum absolute atomic E-state index is 0.0465. The lowest BCUT2D eigenvalue weighted by Crippen LogP contribution is -2.22. The normalized spacial score (nSPS) is 14.5. The number of carboxylic acids is 1. The lowest BCUT2D eigenvalue weighted by molar-refractivity contribution is -0.146. The Morgan fingerprint density at radius 3 is 2.71 bits per heavy atom. The second-order valence-electron chi connectivity index (χ2n) is 3.58. The fraction of sp³-hybridized carbons (Fsp3) is 0.364. The SMILES string of the molecule is COc1cc2c(cc1CC(O)C(=O)O)OCO2. The van der Waals surface area contributed by atoms with E-state index in [2.05, 4.69) is 0 Å². The molecular formula is C11H12O6. The number of hydrogen-bond acceptors (Lipinski definition) is 5. The van der Waals surface area contributed by atoms with Gasteiger partial charge in [0.05, 0.1) is 7.11 Å². The molecule has 1 unspecified atom stereocenters. The van der Waals surface area contributed by atoms with Crippen LogP contribution in [0.15, 0.2) is 12.1 Å². The van der Waals surface area contributed by atoms with E-state index in [0.717, 1.165) is 0 Å². The van der Waals surface area contributed by atoms with Crippen molar-refractivity contribution in [1.82, 2.24) is 0 Å². The number of ether oxygens (including phenoxy) is 3. The lowest BCUT2D eigenvalue weighted by Gasteiger charge is -2.11. The van der Waals surface area contributed by atoms with Crippen molar-refractivity contribution in [3.63, 3.8) is 0 Å². The summed E-state index contributed by atoms with van der Waals surface area (Å²) in [6.07, 6.45) is -1.51. The van der Waals surface area contributed by atoms with Gasteiger partial charge in [-0.15, -0.1) is 0 Å². The maximum atomic E-state index is 10.6. The molecule has 2 N–H and O–H groups in total. The predicted octanol–water partition coefficient (Wildman–Crippen LogP) is 0.412. The summed E-state index contributed by atoms with van der Waals surface area (Å²) in [6, 6.07) is 3.24. The molecule has 2 rings (SSSR count). The highest BCUT2D eigenvalue weighted by molar-refractivity contribution is 5.72. The summed E-state index contributed by atoms with van der Waals surface area (Å²) in [5, 5.41) is 18.0. The first-order valence-electron chi connectivity index (χ1n) is 4.99. The van der Waals surface area contributed by atoms with Gasteiger partial charge < -0.3 is 24.4 Å². The molecular weight excluding hydrogens is 228 g/mol. The van der Waals surface area contributed by atoms with Gasteiger partial charge in [0.2, 0.25) is 6.79 Å². The van der Waals surface area contributed by atoms with Crippen LogP contribution < -0.4 is 14.2 Å². The first-order valence-corrected chi connectivity index (χ1v) is 4.99. The quantitative estimate of drug-likeness (QED) is 0.793. The topological polar surface area (TPSA) is 85.2 Å². The monoisotopic (exact) mass is 240 g/mol. The maximum absolute atomic E-state index is 10.6. The van der Waals surface area contributed by atoms with Crippen molar-refractivity contribution in [3.05, 3.63) is 17.7 Å². The van der Waals surface area contributed by atoms with Gasteiger partial charge >= 0.3 is 5.97 Å². The van der Waals surface area contributed by atoms with Gasteiger partial charge in [-0.2, -0.15) is 0 Å². The lowest BCUT2D eigenvalue weighted by atomic mass is 10.1. The molecule has 92 valence electrons. The Morgan fingerprint density at radius 2 is 2.12 bits per heavy atom. The van der Waals surface area contributed by atoms with Crippen LogP contribution in [0.4, 0.5) is 0 Å². The standard InChI is InChI=1S/C11H12O6/c1-15-8-4-10-9(16-5-17-10)3-6(8)2-7(12)11(13)14/h3-4,7,12H,2,5H2,1H3,(H,13,14). The Labute approximate surface area is 97.3 Å². The molecule has 1 atom stereocenters. The molecule has 17 heavy (non-hydrogen) atoms. The van der Waals surface area contributed by atoms with Crippen LogP contribution >= 0.6 is 0 Å². The van der Waals surface area contributed by atoms with Crippen LogP contribution in [-0.4, -0.2) is 36.2 Å². The first-order chi connectivity index (χ1) is 8.11. The molecule has 6 nitrogen and oxygen atoms in total. The molecule has 0 spiro atoms. The van der Waals surface area contributed by atoms with E-state index in [-0.39, 0.29) is 13.2 Å². The Balaban J connectivity index is 2.29. The van der Waals surface area contributed by atoms with Crippen molar-refractivity contribution >= 4 is 5.97 Å². The highest BCUT2D eigenvalue weighted by Crippen LogP contribution is 2.38. The molecule has 0 bridgehead atoms. The summed E-state index contributed by atoms with van der Waals surface area (Å²) >= 11 is 0. The smallest absolute Gasteiger partial charge is 0.332 e. The van der Waals surface area contributed by atoms with Crippen molar-refractivity contribution in [2.24, 2.45) is 0 Å². The fourth-order valence-corrected chi connectivity index (χ4v) is 1.61. The Morgan fingerprint density at radius 1 is 1.47 bits per heavy atom. The Kier molecular flexibility index (Phi) is 3.06. The van der Waals surface area contributed by atoms with E-state index < -0.39 is 12.1 Å². The van der Waals surface area contributed by atoms with Gasteiger partial charge in [-0.25, -0.2) is 4.79 Å². The fourth-order valence-electron chi connectivity index (χ4n) is 1.61. The maximum Gasteiger partial charge on any atom is 0.332 e. The van der Waals surface area contributed by atoms with E-state index in [1.165, 1.54) is 7.11 Å². The van der Waals surface area contributed by atoms with Crippen LogP contribution in [0.3, 0.4) is 0 Å². The van der Waals surface area contributed by atoms with Gasteiger partial charge in [0.25, 0.3) is 0 Å². The molecule has 0 saturated carbocycles. The van der Waals surface area contributed by atoms with Crippen LogP contribution in [0.2, 0.25) is 0 Å². The molecule has 0 aromatic heterocycles. The minimum Gasteiger partial charge on any atom is -0.496 e. The number of aliphatic hydroxyl groups excluding tert-OH is 1. The van der Waals surface area contributed by atoms with Crippen molar-refractivity contribution in [2.45, 2.75) is 12.5 Å². The Hall–Kier alpha value is -1.95. The number of hydrogen-bond donors (Lipinski definition) is 2. The van der Waals surface area contributed by atoms with E-state index >= 15 is 0 Å². The number of rotatable bonds is 4. The van der Waals surface area contributed by atoms with Crippen molar-refractivity contribution in [3.8, 4) is 17.2 Å². The average molecular weight is 240 g/mol. The van der Waals surface area contributed by atoms with Crippen LogP contribution in [0.1, 0.15) is 5.56 Å². The molecule has 6 heteroatoms. The van der Waals surface area contributed by atoms with E-state index in [4.69, 9.17) is 19.3 Å². The zero-order chi connectivity index (χ0) is 12.4. The van der Waals surface area contributed by atoms with Gasteiger partial charge in [-0.3, -0.25) is 0 Å². The molecule has 1 aromatic carbocycles. The Bertz CT molecular complexity index is 442. The van der Waals surface area contributed by atoms with E-state index in [1.54, 1.807) is 12.1 Å². The number of aliphatic hydroxyl groups is 1. The summed E-state index contributed by atoms with van der Waals surface area (Å²) in [6.45, 7) is 0.128. The molecule has 0 aliphatic carbocycles. The van der Waals surface area contributed by atoms with Crippen LogP contribution in [-0.2, 0) is 11.2 Å². The molecule has 1 aliphatic heterocycles. The second kappa shape index (κ2) is 4.50. The van der Waals surface area contributed by atoms with Crippen molar-refractivity contribution in [2.75, 3.05) is 13.9 Å². The number of carboxylic acid groups (broad SMARTS) is 1. The van der Waals surface area contributed by atoms with E-state index in [1.807, 2.05) is 0 Å². The molecule has 0 saturated heterocycles.